The number of carbonyl (C=O) groups excluding carboxylic acids is 1. The Balaban J connectivity index is 1.67. The molecule has 6 nitrogen and oxygen atoms in total. The van der Waals surface area contributed by atoms with Crippen LogP contribution < -0.4 is 10.6 Å². The van der Waals surface area contributed by atoms with Crippen molar-refractivity contribution in [2.45, 2.75) is 12.7 Å². The van der Waals surface area contributed by atoms with E-state index in [2.05, 4.69) is 25.7 Å². The number of rotatable bonds is 4. The third-order valence-corrected chi connectivity index (χ3v) is 4.03. The van der Waals surface area contributed by atoms with E-state index in [0.717, 1.165) is 44.0 Å². The molecule has 2 heterocycles. The summed E-state index contributed by atoms with van der Waals surface area (Å²) in [5.41, 5.74) is -0.701. The Bertz CT molecular complexity index is 758. The largest absolute Gasteiger partial charge is 0.417 e. The van der Waals surface area contributed by atoms with E-state index in [9.17, 15) is 18.0 Å². The highest BCUT2D eigenvalue weighted by Crippen LogP contribution is 2.32. The predicted molar refractivity (Wildman–Crippen MR) is 89.6 cm³/mol. The minimum Gasteiger partial charge on any atom is -0.314 e. The van der Waals surface area contributed by atoms with Gasteiger partial charge in [-0.3, -0.25) is 9.69 Å². The molecule has 138 valence electrons. The number of aromatic nitrogens is 2. The quantitative estimate of drug-likeness (QED) is 0.869. The van der Waals surface area contributed by atoms with Gasteiger partial charge in [-0.1, -0.05) is 12.1 Å². The van der Waals surface area contributed by atoms with Gasteiger partial charge in [0.1, 0.15) is 0 Å². The number of carbonyl (C=O) groups is 1. The topological polar surface area (TPSA) is 70.2 Å². The standard InChI is InChI=1S/C17H18F3N5O/c18-17(19,20)14-4-2-1-3-13(14)16(26)22-15-6-5-12(23-24-15)11-25-9-7-21-8-10-25/h1-6,21H,7-11H2,(H,22,24,26). The molecule has 9 heteroatoms. The number of alkyl halides is 3. The molecule has 1 aliphatic heterocycles. The summed E-state index contributed by atoms with van der Waals surface area (Å²) < 4.78 is 39.0. The van der Waals surface area contributed by atoms with Crippen molar-refractivity contribution in [2.75, 3.05) is 31.5 Å². The summed E-state index contributed by atoms with van der Waals surface area (Å²) in [4.78, 5) is 14.4. The van der Waals surface area contributed by atoms with Crippen molar-refractivity contribution in [1.29, 1.82) is 0 Å². The number of amides is 1. The summed E-state index contributed by atoms with van der Waals surface area (Å²) >= 11 is 0. The van der Waals surface area contributed by atoms with Crippen LogP contribution in [0.15, 0.2) is 36.4 Å². The second kappa shape index (κ2) is 7.79. The van der Waals surface area contributed by atoms with Gasteiger partial charge in [-0.15, -0.1) is 5.10 Å². The summed E-state index contributed by atoms with van der Waals surface area (Å²) in [6.07, 6.45) is -4.60. The van der Waals surface area contributed by atoms with Gasteiger partial charge >= 0.3 is 6.18 Å². The molecule has 1 saturated heterocycles. The first-order valence-electron chi connectivity index (χ1n) is 8.17. The lowest BCUT2D eigenvalue weighted by Gasteiger charge is -2.26. The molecule has 2 aromatic rings. The van der Waals surface area contributed by atoms with E-state index in [4.69, 9.17) is 0 Å². The highest BCUT2D eigenvalue weighted by molar-refractivity contribution is 6.04. The van der Waals surface area contributed by atoms with E-state index >= 15 is 0 Å². The molecule has 26 heavy (non-hydrogen) atoms. The molecule has 0 atom stereocenters. The maximum Gasteiger partial charge on any atom is 0.417 e. The summed E-state index contributed by atoms with van der Waals surface area (Å²) in [6, 6.07) is 7.87. The number of nitrogens with one attached hydrogen (secondary N) is 2. The normalized spacial score (nSPS) is 15.7. The van der Waals surface area contributed by atoms with Crippen LogP contribution in [0.3, 0.4) is 0 Å². The van der Waals surface area contributed by atoms with Crippen molar-refractivity contribution >= 4 is 11.7 Å². The van der Waals surface area contributed by atoms with Crippen LogP contribution in [-0.4, -0.2) is 47.2 Å². The highest BCUT2D eigenvalue weighted by Gasteiger charge is 2.34. The van der Waals surface area contributed by atoms with Crippen molar-refractivity contribution in [2.24, 2.45) is 0 Å². The molecule has 0 unspecified atom stereocenters. The predicted octanol–water partition coefficient (Wildman–Crippen LogP) is 2.15. The number of hydrogen-bond acceptors (Lipinski definition) is 5. The van der Waals surface area contributed by atoms with Crippen LogP contribution in [0, 0.1) is 0 Å². The van der Waals surface area contributed by atoms with Crippen LogP contribution in [0.5, 0.6) is 0 Å². The second-order valence-corrected chi connectivity index (χ2v) is 5.93. The first-order chi connectivity index (χ1) is 12.4. The molecule has 0 radical (unpaired) electrons. The average molecular weight is 365 g/mol. The molecule has 1 aliphatic rings. The monoisotopic (exact) mass is 365 g/mol. The molecule has 1 fully saturated rings. The lowest BCUT2D eigenvalue weighted by atomic mass is 10.1. The van der Waals surface area contributed by atoms with E-state index in [0.29, 0.717) is 6.54 Å². The van der Waals surface area contributed by atoms with Gasteiger partial charge in [-0.2, -0.15) is 18.3 Å². The van der Waals surface area contributed by atoms with Crippen molar-refractivity contribution in [3.8, 4) is 0 Å². The minimum atomic E-state index is -4.60. The summed E-state index contributed by atoms with van der Waals surface area (Å²) in [6.45, 7) is 4.29. The van der Waals surface area contributed by atoms with Crippen LogP contribution in [-0.2, 0) is 12.7 Å². The first-order valence-corrected chi connectivity index (χ1v) is 8.17. The molecular weight excluding hydrogens is 347 g/mol. The van der Waals surface area contributed by atoms with Gasteiger partial charge in [-0.25, -0.2) is 0 Å². The van der Waals surface area contributed by atoms with Crippen LogP contribution in [0.25, 0.3) is 0 Å². The number of nitrogens with zero attached hydrogens (tertiary/aromatic N) is 3. The van der Waals surface area contributed by atoms with E-state index < -0.39 is 23.2 Å². The molecule has 1 aromatic heterocycles. The molecule has 1 amide bonds. The van der Waals surface area contributed by atoms with Gasteiger partial charge in [0.25, 0.3) is 5.91 Å². The molecule has 2 N–H and O–H groups in total. The Hall–Kier alpha value is -2.52. The zero-order valence-corrected chi connectivity index (χ0v) is 13.9. The van der Waals surface area contributed by atoms with E-state index in [1.807, 2.05) is 0 Å². The van der Waals surface area contributed by atoms with E-state index in [-0.39, 0.29) is 5.82 Å². The summed E-state index contributed by atoms with van der Waals surface area (Å²) in [7, 11) is 0. The van der Waals surface area contributed by atoms with Crippen LogP contribution >= 0.6 is 0 Å². The number of hydrogen-bond donors (Lipinski definition) is 2. The van der Waals surface area contributed by atoms with Gasteiger partial charge in [0, 0.05) is 32.7 Å². The summed E-state index contributed by atoms with van der Waals surface area (Å²) in [5, 5.41) is 13.6. The fraction of sp³-hybridized carbons (Fsp3) is 0.353. The molecular formula is C17H18F3N5O. The fourth-order valence-electron chi connectivity index (χ4n) is 2.72. The van der Waals surface area contributed by atoms with Gasteiger partial charge in [0.15, 0.2) is 5.82 Å². The van der Waals surface area contributed by atoms with E-state index in [1.54, 1.807) is 12.1 Å². The number of anilines is 1. The van der Waals surface area contributed by atoms with E-state index in [1.165, 1.54) is 12.1 Å². The lowest BCUT2D eigenvalue weighted by Crippen LogP contribution is -2.43. The molecule has 1 aromatic carbocycles. The number of halogens is 3. The van der Waals surface area contributed by atoms with Gasteiger partial charge in [0.2, 0.25) is 0 Å². The van der Waals surface area contributed by atoms with Gasteiger partial charge < -0.3 is 10.6 Å². The Labute approximate surface area is 148 Å². The number of piperazine rings is 1. The van der Waals surface area contributed by atoms with Crippen LogP contribution in [0.2, 0.25) is 0 Å². The van der Waals surface area contributed by atoms with Crippen molar-refractivity contribution in [1.82, 2.24) is 20.4 Å². The average Bonchev–Trinajstić information content (AvgIpc) is 2.63. The van der Waals surface area contributed by atoms with Gasteiger partial charge in [-0.05, 0) is 24.3 Å². The molecule has 3 rings (SSSR count). The van der Waals surface area contributed by atoms with Gasteiger partial charge in [0.05, 0.1) is 16.8 Å². The minimum absolute atomic E-state index is 0.107. The molecule has 0 spiro atoms. The van der Waals surface area contributed by atoms with Crippen molar-refractivity contribution < 1.29 is 18.0 Å². The van der Waals surface area contributed by atoms with Crippen LogP contribution in [0.1, 0.15) is 21.6 Å². The SMILES string of the molecule is O=C(Nc1ccc(CN2CCNCC2)nn1)c1ccccc1C(F)(F)F. The molecule has 0 bridgehead atoms. The van der Waals surface area contributed by atoms with Crippen molar-refractivity contribution in [3.63, 3.8) is 0 Å². The Morgan fingerprint density at radius 2 is 1.85 bits per heavy atom. The molecule has 0 aliphatic carbocycles. The maximum absolute atomic E-state index is 13.0. The summed E-state index contributed by atoms with van der Waals surface area (Å²) in [5.74, 6) is -0.766. The Morgan fingerprint density at radius 1 is 1.12 bits per heavy atom. The van der Waals surface area contributed by atoms with Crippen molar-refractivity contribution in [3.05, 3.63) is 53.2 Å². The Morgan fingerprint density at radius 3 is 2.50 bits per heavy atom. The zero-order valence-electron chi connectivity index (χ0n) is 13.9. The fourth-order valence-corrected chi connectivity index (χ4v) is 2.72. The Kier molecular flexibility index (Phi) is 5.48. The number of benzene rings is 1. The van der Waals surface area contributed by atoms with Crippen LogP contribution in [0.4, 0.5) is 19.0 Å². The highest BCUT2D eigenvalue weighted by atomic mass is 19.4. The lowest BCUT2D eigenvalue weighted by molar-refractivity contribution is -0.137. The zero-order chi connectivity index (χ0) is 18.6. The second-order valence-electron chi connectivity index (χ2n) is 5.93. The maximum atomic E-state index is 13.0. The third-order valence-electron chi connectivity index (χ3n) is 4.03. The smallest absolute Gasteiger partial charge is 0.314 e. The molecule has 0 saturated carbocycles. The third kappa shape index (κ3) is 4.55. The first kappa shape index (κ1) is 18.3.